The Bertz CT molecular complexity index is 411. The number of carboxylic acid groups (broad SMARTS) is 1. The molecule has 0 saturated carbocycles. The van der Waals surface area contributed by atoms with E-state index in [1.54, 1.807) is 17.4 Å². The van der Waals surface area contributed by atoms with Crippen LogP contribution in [0.2, 0.25) is 0 Å². The maximum atomic E-state index is 10.5. The van der Waals surface area contributed by atoms with Gasteiger partial charge in [-0.1, -0.05) is 13.8 Å². The second kappa shape index (κ2) is 9.18. The lowest BCUT2D eigenvalue weighted by atomic mass is 10.2. The number of carbonyl (C=O) groups is 1. The summed E-state index contributed by atoms with van der Waals surface area (Å²) in [6.07, 6.45) is 2.88. The molecule has 0 aliphatic carbocycles. The zero-order valence-electron chi connectivity index (χ0n) is 11.5. The number of rotatable bonds is 9. The number of aliphatic carboxylic acids is 1. The molecule has 0 aliphatic heterocycles. The highest BCUT2D eigenvalue weighted by atomic mass is 32.2. The summed E-state index contributed by atoms with van der Waals surface area (Å²) < 4.78 is 0. The molecule has 19 heavy (non-hydrogen) atoms. The largest absolute Gasteiger partial charge is 0.478 e. The Kier molecular flexibility index (Phi) is 7.86. The molecule has 1 rings (SSSR count). The van der Waals surface area contributed by atoms with Crippen molar-refractivity contribution >= 4 is 35.1 Å². The molecule has 0 saturated heterocycles. The fourth-order valence-electron chi connectivity index (χ4n) is 1.68. The average Bonchev–Trinajstić information content (AvgIpc) is 2.84. The van der Waals surface area contributed by atoms with Gasteiger partial charge in [0.05, 0.1) is 0 Å². The Morgan fingerprint density at radius 2 is 2.21 bits per heavy atom. The Labute approximate surface area is 123 Å². The van der Waals surface area contributed by atoms with Gasteiger partial charge in [0, 0.05) is 29.0 Å². The molecule has 0 unspecified atom stereocenters. The van der Waals surface area contributed by atoms with Gasteiger partial charge in [0.2, 0.25) is 0 Å². The summed E-state index contributed by atoms with van der Waals surface area (Å²) in [5.74, 6) is 1.17. The van der Waals surface area contributed by atoms with Crippen LogP contribution in [0.3, 0.4) is 0 Å². The zero-order chi connectivity index (χ0) is 14.1. The molecule has 1 aromatic rings. The van der Waals surface area contributed by atoms with Crippen LogP contribution in [0.25, 0.3) is 6.08 Å². The minimum absolute atomic E-state index is 0.897. The van der Waals surface area contributed by atoms with Crippen molar-refractivity contribution in [2.24, 2.45) is 0 Å². The van der Waals surface area contributed by atoms with Crippen LogP contribution >= 0.6 is 23.1 Å². The normalized spacial score (nSPS) is 11.5. The Morgan fingerprint density at radius 1 is 1.47 bits per heavy atom. The minimum atomic E-state index is -0.897. The number of thioether (sulfide) groups is 1. The molecule has 106 valence electrons. The van der Waals surface area contributed by atoms with Crippen molar-refractivity contribution in [2.45, 2.75) is 19.6 Å². The molecule has 0 fully saturated rings. The van der Waals surface area contributed by atoms with E-state index < -0.39 is 5.97 Å². The van der Waals surface area contributed by atoms with Gasteiger partial charge in [0.25, 0.3) is 0 Å². The first-order chi connectivity index (χ1) is 9.17. The second-order valence-corrected chi connectivity index (χ2v) is 6.16. The van der Waals surface area contributed by atoms with Crippen molar-refractivity contribution in [1.29, 1.82) is 0 Å². The van der Waals surface area contributed by atoms with E-state index in [0.717, 1.165) is 36.7 Å². The third kappa shape index (κ3) is 6.27. The monoisotopic (exact) mass is 299 g/mol. The maximum absolute atomic E-state index is 10.5. The Balaban J connectivity index is 2.37. The van der Waals surface area contributed by atoms with Crippen LogP contribution in [0, 0.1) is 0 Å². The van der Waals surface area contributed by atoms with E-state index in [-0.39, 0.29) is 0 Å². The summed E-state index contributed by atoms with van der Waals surface area (Å²) >= 11 is 3.60. The van der Waals surface area contributed by atoms with E-state index in [1.165, 1.54) is 11.0 Å². The number of hydrogen-bond acceptors (Lipinski definition) is 4. The molecule has 0 aromatic carbocycles. The van der Waals surface area contributed by atoms with Gasteiger partial charge in [-0.15, -0.1) is 11.3 Å². The molecule has 0 amide bonds. The van der Waals surface area contributed by atoms with E-state index in [4.69, 9.17) is 5.11 Å². The lowest BCUT2D eigenvalue weighted by Crippen LogP contribution is -2.25. The summed E-state index contributed by atoms with van der Waals surface area (Å²) in [4.78, 5) is 14.2. The number of carboxylic acids is 1. The Morgan fingerprint density at radius 3 is 2.84 bits per heavy atom. The van der Waals surface area contributed by atoms with Crippen LogP contribution in [-0.2, 0) is 10.5 Å². The Hall–Kier alpha value is -0.780. The fraction of sp³-hybridized carbons (Fsp3) is 0.500. The molecule has 0 bridgehead atoms. The molecule has 0 radical (unpaired) electrons. The summed E-state index contributed by atoms with van der Waals surface area (Å²) in [6, 6.07) is 1.98. The standard InChI is InChI=1S/C14H21NO2S2/c1-3-15(4-2)8-10-18-11-13-12(7-9-19-13)5-6-14(16)17/h5-7,9H,3-4,8,10-11H2,1-2H3,(H,16,17). The van der Waals surface area contributed by atoms with E-state index in [0.29, 0.717) is 0 Å². The molecule has 0 atom stereocenters. The molecule has 0 spiro atoms. The van der Waals surface area contributed by atoms with Crippen LogP contribution < -0.4 is 0 Å². The molecular weight excluding hydrogens is 278 g/mol. The highest BCUT2D eigenvalue weighted by Crippen LogP contribution is 2.23. The van der Waals surface area contributed by atoms with Crippen LogP contribution in [0.4, 0.5) is 0 Å². The van der Waals surface area contributed by atoms with Crippen LogP contribution in [0.5, 0.6) is 0 Å². The van der Waals surface area contributed by atoms with Crippen molar-refractivity contribution in [2.75, 3.05) is 25.4 Å². The zero-order valence-corrected chi connectivity index (χ0v) is 13.1. The SMILES string of the molecule is CCN(CC)CCSCc1sccc1C=CC(=O)O. The molecule has 0 aliphatic rings. The summed E-state index contributed by atoms with van der Waals surface area (Å²) in [7, 11) is 0. The first kappa shape index (κ1) is 16.3. The van der Waals surface area contributed by atoms with Crippen LogP contribution in [-0.4, -0.2) is 41.4 Å². The van der Waals surface area contributed by atoms with Gasteiger partial charge in [-0.2, -0.15) is 11.8 Å². The van der Waals surface area contributed by atoms with Gasteiger partial charge in [-0.3, -0.25) is 0 Å². The number of nitrogens with zero attached hydrogens (tertiary/aromatic N) is 1. The molecule has 5 heteroatoms. The van der Waals surface area contributed by atoms with Crippen molar-refractivity contribution in [3.05, 3.63) is 28.0 Å². The van der Waals surface area contributed by atoms with E-state index in [1.807, 2.05) is 23.2 Å². The highest BCUT2D eigenvalue weighted by molar-refractivity contribution is 7.98. The van der Waals surface area contributed by atoms with Gasteiger partial charge in [-0.25, -0.2) is 4.79 Å². The third-order valence-corrected chi connectivity index (χ3v) is 4.95. The number of thiophene rings is 1. The lowest BCUT2D eigenvalue weighted by Gasteiger charge is -2.17. The van der Waals surface area contributed by atoms with Gasteiger partial charge in [0.1, 0.15) is 0 Å². The minimum Gasteiger partial charge on any atom is -0.478 e. The first-order valence-electron chi connectivity index (χ1n) is 6.44. The molecule has 1 heterocycles. The quantitative estimate of drug-likeness (QED) is 0.560. The third-order valence-electron chi connectivity index (χ3n) is 2.86. The van der Waals surface area contributed by atoms with Crippen molar-refractivity contribution < 1.29 is 9.90 Å². The van der Waals surface area contributed by atoms with E-state index >= 15 is 0 Å². The van der Waals surface area contributed by atoms with E-state index in [9.17, 15) is 4.79 Å². The van der Waals surface area contributed by atoms with Crippen molar-refractivity contribution in [1.82, 2.24) is 4.90 Å². The molecule has 1 N–H and O–H groups in total. The van der Waals surface area contributed by atoms with Gasteiger partial charge in [0.15, 0.2) is 0 Å². The van der Waals surface area contributed by atoms with Crippen LogP contribution in [0.1, 0.15) is 24.3 Å². The predicted octanol–water partition coefficient (Wildman–Crippen LogP) is 3.42. The highest BCUT2D eigenvalue weighted by Gasteiger charge is 2.03. The molecular formula is C14H21NO2S2. The van der Waals surface area contributed by atoms with Crippen LogP contribution in [0.15, 0.2) is 17.5 Å². The predicted molar refractivity (Wildman–Crippen MR) is 84.9 cm³/mol. The molecule has 1 aromatic heterocycles. The van der Waals surface area contributed by atoms with E-state index in [2.05, 4.69) is 18.7 Å². The first-order valence-corrected chi connectivity index (χ1v) is 8.48. The fourth-order valence-corrected chi connectivity index (χ4v) is 3.73. The molecule has 3 nitrogen and oxygen atoms in total. The van der Waals surface area contributed by atoms with Crippen molar-refractivity contribution in [3.8, 4) is 0 Å². The van der Waals surface area contributed by atoms with Gasteiger partial charge >= 0.3 is 5.97 Å². The van der Waals surface area contributed by atoms with Crippen molar-refractivity contribution in [3.63, 3.8) is 0 Å². The summed E-state index contributed by atoms with van der Waals surface area (Å²) in [5, 5.41) is 10.7. The van der Waals surface area contributed by atoms with Gasteiger partial charge in [-0.05, 0) is 36.2 Å². The van der Waals surface area contributed by atoms with Gasteiger partial charge < -0.3 is 10.0 Å². The topological polar surface area (TPSA) is 40.5 Å². The number of hydrogen-bond donors (Lipinski definition) is 1. The average molecular weight is 299 g/mol. The summed E-state index contributed by atoms with van der Waals surface area (Å²) in [6.45, 7) is 7.68. The summed E-state index contributed by atoms with van der Waals surface area (Å²) in [5.41, 5.74) is 1.03. The maximum Gasteiger partial charge on any atom is 0.328 e. The smallest absolute Gasteiger partial charge is 0.328 e. The lowest BCUT2D eigenvalue weighted by molar-refractivity contribution is -0.131. The second-order valence-electron chi connectivity index (χ2n) is 4.05.